The average molecular weight is 362 g/mol. The second-order valence-corrected chi connectivity index (χ2v) is 8.44. The molecular formula is C21H28ClNO2. The van der Waals surface area contributed by atoms with Crippen molar-refractivity contribution in [2.24, 2.45) is 17.8 Å². The van der Waals surface area contributed by atoms with Crippen LogP contribution in [0.25, 0.3) is 0 Å². The van der Waals surface area contributed by atoms with Crippen LogP contribution in [0.1, 0.15) is 57.9 Å². The molecule has 0 spiro atoms. The molecule has 2 aliphatic carbocycles. The Kier molecular flexibility index (Phi) is 5.52. The molecule has 1 aromatic rings. The highest BCUT2D eigenvalue weighted by atomic mass is 35.5. The second kappa shape index (κ2) is 7.49. The van der Waals surface area contributed by atoms with E-state index in [9.17, 15) is 9.59 Å². The van der Waals surface area contributed by atoms with Gasteiger partial charge in [-0.1, -0.05) is 30.7 Å². The summed E-state index contributed by atoms with van der Waals surface area (Å²) in [6, 6.07) is 7.67. The van der Waals surface area contributed by atoms with E-state index in [0.29, 0.717) is 22.6 Å². The summed E-state index contributed by atoms with van der Waals surface area (Å²) in [5.74, 6) is 1.81. The number of halogens is 1. The van der Waals surface area contributed by atoms with Gasteiger partial charge in [0.15, 0.2) is 0 Å². The summed E-state index contributed by atoms with van der Waals surface area (Å²) >= 11 is 5.96. The highest BCUT2D eigenvalue weighted by Gasteiger charge is 2.51. The van der Waals surface area contributed by atoms with Crippen LogP contribution in [0, 0.1) is 17.8 Å². The molecule has 2 saturated carbocycles. The van der Waals surface area contributed by atoms with Crippen molar-refractivity contribution in [2.45, 2.75) is 57.8 Å². The Bertz CT molecular complexity index is 628. The van der Waals surface area contributed by atoms with Gasteiger partial charge in [0.25, 0.3) is 0 Å². The van der Waals surface area contributed by atoms with Gasteiger partial charge < -0.3 is 5.32 Å². The minimum atomic E-state index is -0.337. The summed E-state index contributed by atoms with van der Waals surface area (Å²) in [6.45, 7) is 4.66. The minimum absolute atomic E-state index is 0.152. The SMILES string of the molecule is CC(=O)[C@H]1CC[C@H](C(C)CNC(=O)C2(c3ccc(Cl)cc3)CC2)CC1. The molecule has 1 aromatic carbocycles. The first kappa shape index (κ1) is 18.4. The van der Waals surface area contributed by atoms with Crippen molar-refractivity contribution in [1.29, 1.82) is 0 Å². The normalized spacial score (nSPS) is 25.9. The maximum atomic E-state index is 12.8. The molecule has 136 valence electrons. The summed E-state index contributed by atoms with van der Waals surface area (Å²) in [7, 11) is 0. The highest BCUT2D eigenvalue weighted by molar-refractivity contribution is 6.30. The lowest BCUT2D eigenvalue weighted by atomic mass is 9.75. The molecule has 3 rings (SSSR count). The van der Waals surface area contributed by atoms with Crippen molar-refractivity contribution in [3.05, 3.63) is 34.9 Å². The topological polar surface area (TPSA) is 46.2 Å². The molecule has 2 fully saturated rings. The van der Waals surface area contributed by atoms with Crippen LogP contribution in [0.4, 0.5) is 0 Å². The first-order chi connectivity index (χ1) is 11.9. The minimum Gasteiger partial charge on any atom is -0.355 e. The number of Topliss-reactive ketones (excluding diaryl/α,β-unsaturated/α-hetero) is 1. The molecule has 1 amide bonds. The number of hydrogen-bond donors (Lipinski definition) is 1. The second-order valence-electron chi connectivity index (χ2n) is 8.00. The molecule has 1 unspecified atom stereocenters. The first-order valence-corrected chi connectivity index (χ1v) is 9.85. The Labute approximate surface area is 155 Å². The Morgan fingerprint density at radius 3 is 2.28 bits per heavy atom. The van der Waals surface area contributed by atoms with E-state index in [4.69, 9.17) is 11.6 Å². The van der Waals surface area contributed by atoms with Gasteiger partial charge in [-0.05, 0) is 75.0 Å². The monoisotopic (exact) mass is 361 g/mol. The maximum Gasteiger partial charge on any atom is 0.230 e. The number of nitrogens with one attached hydrogen (secondary N) is 1. The molecule has 0 aliphatic heterocycles. The van der Waals surface area contributed by atoms with E-state index in [2.05, 4.69) is 12.2 Å². The van der Waals surface area contributed by atoms with Crippen LogP contribution in [0.2, 0.25) is 5.02 Å². The fourth-order valence-corrected chi connectivity index (χ4v) is 4.35. The van der Waals surface area contributed by atoms with E-state index in [0.717, 1.165) is 50.6 Å². The van der Waals surface area contributed by atoms with E-state index in [1.807, 2.05) is 24.3 Å². The third kappa shape index (κ3) is 4.08. The Balaban J connectivity index is 1.51. The van der Waals surface area contributed by atoms with Crippen molar-refractivity contribution in [3.8, 4) is 0 Å². The fourth-order valence-electron chi connectivity index (χ4n) is 4.23. The van der Waals surface area contributed by atoms with Crippen molar-refractivity contribution in [3.63, 3.8) is 0 Å². The van der Waals surface area contributed by atoms with E-state index >= 15 is 0 Å². The van der Waals surface area contributed by atoms with Crippen LogP contribution in [-0.2, 0) is 15.0 Å². The number of ketones is 1. The van der Waals surface area contributed by atoms with Gasteiger partial charge in [-0.25, -0.2) is 0 Å². The number of carbonyl (C=O) groups is 2. The van der Waals surface area contributed by atoms with E-state index < -0.39 is 0 Å². The van der Waals surface area contributed by atoms with Crippen molar-refractivity contribution in [1.82, 2.24) is 5.32 Å². The smallest absolute Gasteiger partial charge is 0.230 e. The molecule has 25 heavy (non-hydrogen) atoms. The third-order valence-corrected chi connectivity index (χ3v) is 6.57. The number of rotatable bonds is 6. The maximum absolute atomic E-state index is 12.8. The lowest BCUT2D eigenvalue weighted by molar-refractivity contribution is -0.123. The van der Waals surface area contributed by atoms with Gasteiger partial charge >= 0.3 is 0 Å². The zero-order valence-corrected chi connectivity index (χ0v) is 15.9. The molecule has 0 saturated heterocycles. The molecule has 0 heterocycles. The van der Waals surface area contributed by atoms with Gasteiger partial charge in [0.2, 0.25) is 5.91 Å². The zero-order chi connectivity index (χ0) is 18.0. The van der Waals surface area contributed by atoms with Crippen LogP contribution in [0.5, 0.6) is 0 Å². The molecule has 0 radical (unpaired) electrons. The van der Waals surface area contributed by atoms with Gasteiger partial charge in [-0.3, -0.25) is 9.59 Å². The lowest BCUT2D eigenvalue weighted by Gasteiger charge is -2.31. The summed E-state index contributed by atoms with van der Waals surface area (Å²) < 4.78 is 0. The van der Waals surface area contributed by atoms with Gasteiger partial charge in [-0.2, -0.15) is 0 Å². The molecule has 1 atom stereocenters. The number of amides is 1. The number of carbonyl (C=O) groups excluding carboxylic acids is 2. The molecule has 1 N–H and O–H groups in total. The van der Waals surface area contributed by atoms with Gasteiger partial charge in [0.1, 0.15) is 5.78 Å². The number of benzene rings is 1. The first-order valence-electron chi connectivity index (χ1n) is 9.47. The fraction of sp³-hybridized carbons (Fsp3) is 0.619. The Morgan fingerprint density at radius 2 is 1.76 bits per heavy atom. The standard InChI is InChI=1S/C21H28ClNO2/c1-14(16-3-5-17(6-4-16)15(2)24)13-23-20(25)21(11-12-21)18-7-9-19(22)10-8-18/h7-10,14,16-17H,3-6,11-13H2,1-2H3,(H,23,25)/t14?,16-,17-. The van der Waals surface area contributed by atoms with Gasteiger partial charge in [0.05, 0.1) is 5.41 Å². The van der Waals surface area contributed by atoms with Gasteiger partial charge in [-0.15, -0.1) is 0 Å². The predicted octanol–water partition coefficient (Wildman–Crippen LogP) is 4.52. The third-order valence-electron chi connectivity index (χ3n) is 6.32. The lowest BCUT2D eigenvalue weighted by Crippen LogP contribution is -2.39. The van der Waals surface area contributed by atoms with Crippen molar-refractivity contribution < 1.29 is 9.59 Å². The van der Waals surface area contributed by atoms with E-state index in [1.54, 1.807) is 6.92 Å². The molecule has 4 heteroatoms. The van der Waals surface area contributed by atoms with Crippen molar-refractivity contribution >= 4 is 23.3 Å². The number of hydrogen-bond acceptors (Lipinski definition) is 2. The van der Waals surface area contributed by atoms with Gasteiger partial charge in [0, 0.05) is 17.5 Å². The Hall–Kier alpha value is -1.35. The highest BCUT2D eigenvalue weighted by Crippen LogP contribution is 2.48. The molecule has 0 aromatic heterocycles. The predicted molar refractivity (Wildman–Crippen MR) is 101 cm³/mol. The molecular weight excluding hydrogens is 334 g/mol. The molecule has 0 bridgehead atoms. The zero-order valence-electron chi connectivity index (χ0n) is 15.2. The summed E-state index contributed by atoms with van der Waals surface area (Å²) in [4.78, 5) is 24.3. The average Bonchev–Trinajstić information content (AvgIpc) is 3.42. The van der Waals surface area contributed by atoms with Crippen LogP contribution < -0.4 is 5.32 Å². The van der Waals surface area contributed by atoms with E-state index in [1.165, 1.54) is 0 Å². The summed E-state index contributed by atoms with van der Waals surface area (Å²) in [5, 5.41) is 3.89. The van der Waals surface area contributed by atoms with Crippen molar-refractivity contribution in [2.75, 3.05) is 6.54 Å². The van der Waals surface area contributed by atoms with E-state index in [-0.39, 0.29) is 17.2 Å². The largest absolute Gasteiger partial charge is 0.355 e. The van der Waals surface area contributed by atoms with Crippen LogP contribution >= 0.6 is 11.6 Å². The summed E-state index contributed by atoms with van der Waals surface area (Å²) in [6.07, 6.45) is 6.05. The van der Waals surface area contributed by atoms with Crippen LogP contribution in [0.15, 0.2) is 24.3 Å². The summed E-state index contributed by atoms with van der Waals surface area (Å²) in [5.41, 5.74) is 0.736. The molecule has 2 aliphatic rings. The van der Waals surface area contributed by atoms with Crippen LogP contribution in [0.3, 0.4) is 0 Å². The Morgan fingerprint density at radius 1 is 1.16 bits per heavy atom. The quantitative estimate of drug-likeness (QED) is 0.809. The molecule has 3 nitrogen and oxygen atoms in total. The van der Waals surface area contributed by atoms with Crippen LogP contribution in [-0.4, -0.2) is 18.2 Å².